The van der Waals surface area contributed by atoms with E-state index in [9.17, 15) is 39.9 Å². The van der Waals surface area contributed by atoms with Crippen LogP contribution in [0.2, 0.25) is 0 Å². The van der Waals surface area contributed by atoms with Gasteiger partial charge in [-0.05, 0) is 13.0 Å². The minimum Gasteiger partial charge on any atom is -0.507 e. The molecule has 1 fully saturated rings. The van der Waals surface area contributed by atoms with Crippen LogP contribution in [0.15, 0.2) is 18.2 Å². The third-order valence-electron chi connectivity index (χ3n) is 7.84. The maximum absolute atomic E-state index is 13.6. The van der Waals surface area contributed by atoms with Crippen molar-refractivity contribution in [1.29, 1.82) is 0 Å². The molecule has 7 N–H and O–H groups in total. The van der Waals surface area contributed by atoms with Crippen LogP contribution in [0.25, 0.3) is 0 Å². The van der Waals surface area contributed by atoms with E-state index in [4.69, 9.17) is 19.9 Å². The molecule has 2 aromatic carbocycles. The number of Topliss-reactive ketones (excluding diaryl/α,β-unsaturated/α-hetero) is 1. The number of methoxy groups -OCH3 is 1. The second kappa shape index (κ2) is 9.66. The highest BCUT2D eigenvalue weighted by atomic mass is 16.7. The standard InChI is InChI=1S/C27H29NO11/c1-10(30)27(36)7-12-19(15(8-27)38-17-6-13(28)24(33)16(9-29)39-17)26(35)21-20(23(12)32)22(31)11-4-3-5-14(37-2)18(11)25(21)34/h3-5,13,15-17,24,29,32-33,35-36H,6-9,28H2,1-2H3/t13-,15-,16-,17+,24+,27-/m0/s1. The molecule has 12 heteroatoms. The summed E-state index contributed by atoms with van der Waals surface area (Å²) in [6.45, 7) is 0.588. The molecule has 5 rings (SSSR count). The summed E-state index contributed by atoms with van der Waals surface area (Å²) in [6, 6.07) is 3.54. The van der Waals surface area contributed by atoms with Crippen LogP contribution in [-0.2, 0) is 20.7 Å². The quantitative estimate of drug-likeness (QED) is 0.235. The Morgan fingerprint density at radius 2 is 1.85 bits per heavy atom. The molecule has 2 aliphatic carbocycles. The van der Waals surface area contributed by atoms with Crippen LogP contribution in [0.5, 0.6) is 17.2 Å². The summed E-state index contributed by atoms with van der Waals surface area (Å²) in [6.07, 6.45) is -5.60. The van der Waals surface area contributed by atoms with Crippen LogP contribution >= 0.6 is 0 Å². The summed E-state index contributed by atoms with van der Waals surface area (Å²) in [4.78, 5) is 39.6. The zero-order chi connectivity index (χ0) is 28.4. The summed E-state index contributed by atoms with van der Waals surface area (Å²) in [5.74, 6) is -3.38. The number of hydrogen-bond donors (Lipinski definition) is 6. The molecule has 0 saturated carbocycles. The Hall–Kier alpha value is -3.39. The van der Waals surface area contributed by atoms with Crippen molar-refractivity contribution in [3.8, 4) is 17.2 Å². The normalized spacial score (nSPS) is 29.8. The van der Waals surface area contributed by atoms with Crippen molar-refractivity contribution in [3.05, 3.63) is 51.6 Å². The van der Waals surface area contributed by atoms with Gasteiger partial charge in [-0.1, -0.05) is 12.1 Å². The first-order valence-corrected chi connectivity index (χ1v) is 12.4. The number of phenols is 2. The van der Waals surface area contributed by atoms with Crippen LogP contribution < -0.4 is 10.5 Å². The summed E-state index contributed by atoms with van der Waals surface area (Å²) in [5.41, 5.74) is 2.67. The predicted molar refractivity (Wildman–Crippen MR) is 132 cm³/mol. The van der Waals surface area contributed by atoms with Crippen molar-refractivity contribution >= 4 is 17.3 Å². The number of aromatic hydroxyl groups is 2. The van der Waals surface area contributed by atoms with Gasteiger partial charge in [0, 0.05) is 42.0 Å². The Balaban J connectivity index is 1.67. The lowest BCUT2D eigenvalue weighted by Crippen LogP contribution is -2.54. The molecule has 2 aromatic rings. The molecule has 12 nitrogen and oxygen atoms in total. The fourth-order valence-electron chi connectivity index (χ4n) is 5.69. The number of carbonyl (C=O) groups is 3. The van der Waals surface area contributed by atoms with Gasteiger partial charge in [0.1, 0.15) is 29.0 Å². The largest absolute Gasteiger partial charge is 0.507 e. The highest BCUT2D eigenvalue weighted by Crippen LogP contribution is 2.52. The zero-order valence-electron chi connectivity index (χ0n) is 21.2. The van der Waals surface area contributed by atoms with Gasteiger partial charge in [-0.3, -0.25) is 14.4 Å². The van der Waals surface area contributed by atoms with Crippen molar-refractivity contribution in [2.24, 2.45) is 5.73 Å². The van der Waals surface area contributed by atoms with Crippen LogP contribution in [0.1, 0.15) is 68.8 Å². The second-order valence-corrected chi connectivity index (χ2v) is 10.2. The minimum atomic E-state index is -2.05. The van der Waals surface area contributed by atoms with Gasteiger partial charge < -0.3 is 45.5 Å². The molecule has 6 atom stereocenters. The van der Waals surface area contributed by atoms with Crippen LogP contribution in [0.4, 0.5) is 0 Å². The first kappa shape index (κ1) is 27.2. The van der Waals surface area contributed by atoms with E-state index in [1.54, 1.807) is 0 Å². The number of carbonyl (C=O) groups excluding carboxylic acids is 3. The summed E-state index contributed by atoms with van der Waals surface area (Å²) in [5, 5.41) is 53.7. The number of rotatable bonds is 5. The van der Waals surface area contributed by atoms with Gasteiger partial charge >= 0.3 is 0 Å². The summed E-state index contributed by atoms with van der Waals surface area (Å²) < 4.78 is 16.9. The first-order chi connectivity index (χ1) is 18.4. The van der Waals surface area contributed by atoms with E-state index in [2.05, 4.69) is 0 Å². The van der Waals surface area contributed by atoms with Gasteiger partial charge in [0.25, 0.3) is 0 Å². The van der Waals surface area contributed by atoms with E-state index in [-0.39, 0.29) is 40.8 Å². The third kappa shape index (κ3) is 4.11. The number of hydrogen-bond acceptors (Lipinski definition) is 12. The van der Waals surface area contributed by atoms with Gasteiger partial charge in [-0.15, -0.1) is 0 Å². The van der Waals surface area contributed by atoms with Crippen LogP contribution in [0, 0.1) is 0 Å². The smallest absolute Gasteiger partial charge is 0.202 e. The lowest BCUT2D eigenvalue weighted by molar-refractivity contribution is -0.256. The predicted octanol–water partition coefficient (Wildman–Crippen LogP) is 0.00130. The Labute approximate surface area is 222 Å². The van der Waals surface area contributed by atoms with Gasteiger partial charge in [-0.25, -0.2) is 0 Å². The van der Waals surface area contributed by atoms with Gasteiger partial charge in [0.2, 0.25) is 5.78 Å². The number of aliphatic hydroxyl groups excluding tert-OH is 2. The Kier molecular flexibility index (Phi) is 6.74. The van der Waals surface area contributed by atoms with Gasteiger partial charge in [-0.2, -0.15) is 0 Å². The molecule has 39 heavy (non-hydrogen) atoms. The molecule has 1 heterocycles. The molecule has 0 radical (unpaired) electrons. The average Bonchev–Trinajstić information content (AvgIpc) is 2.90. The Bertz CT molecular complexity index is 1390. The minimum absolute atomic E-state index is 0.0369. The number of phenolic OH excluding ortho intramolecular Hbond substituents is 2. The van der Waals surface area contributed by atoms with Crippen LogP contribution in [-0.4, -0.2) is 86.7 Å². The molecule has 0 aromatic heterocycles. The highest BCUT2D eigenvalue weighted by Gasteiger charge is 2.49. The second-order valence-electron chi connectivity index (χ2n) is 10.2. The third-order valence-corrected chi connectivity index (χ3v) is 7.84. The van der Waals surface area contributed by atoms with Crippen LogP contribution in [0.3, 0.4) is 0 Å². The number of benzene rings is 2. The topological polar surface area (TPSA) is 206 Å². The molecule has 0 bridgehead atoms. The maximum atomic E-state index is 13.6. The maximum Gasteiger partial charge on any atom is 0.202 e. The van der Waals surface area contributed by atoms with E-state index in [1.807, 2.05) is 0 Å². The molecular formula is C27H29NO11. The molecule has 1 saturated heterocycles. The molecular weight excluding hydrogens is 514 g/mol. The number of nitrogens with two attached hydrogens (primary N) is 1. The first-order valence-electron chi connectivity index (χ1n) is 12.4. The van der Waals surface area contributed by atoms with Crippen molar-refractivity contribution in [1.82, 2.24) is 0 Å². The summed E-state index contributed by atoms with van der Waals surface area (Å²) >= 11 is 0. The molecule has 0 unspecified atom stereocenters. The molecule has 0 amide bonds. The fourth-order valence-corrected chi connectivity index (χ4v) is 5.69. The molecule has 208 valence electrons. The van der Waals surface area contributed by atoms with Gasteiger partial charge in [0.15, 0.2) is 17.9 Å². The highest BCUT2D eigenvalue weighted by molar-refractivity contribution is 6.31. The van der Waals surface area contributed by atoms with Crippen molar-refractivity contribution in [2.45, 2.75) is 62.4 Å². The van der Waals surface area contributed by atoms with E-state index < -0.39 is 89.2 Å². The SMILES string of the molecule is COc1cccc2c1C(=O)c1c(O)c3c(c(O)c1C2=O)C[C@@](O)(C(C)=O)C[C@@H]3O[C@H]1C[C@H](N)[C@@H](O)[C@H](CO)O1. The molecule has 0 spiro atoms. The van der Waals surface area contributed by atoms with E-state index in [1.165, 1.54) is 25.3 Å². The average molecular weight is 544 g/mol. The zero-order valence-corrected chi connectivity index (χ0v) is 21.2. The van der Waals surface area contributed by atoms with E-state index in [0.717, 1.165) is 6.92 Å². The number of fused-ring (bicyclic) bond motifs is 3. The van der Waals surface area contributed by atoms with Crippen molar-refractivity contribution in [3.63, 3.8) is 0 Å². The summed E-state index contributed by atoms with van der Waals surface area (Å²) in [7, 11) is 1.32. The van der Waals surface area contributed by atoms with Crippen molar-refractivity contribution < 1.29 is 54.1 Å². The van der Waals surface area contributed by atoms with Gasteiger partial charge in [0.05, 0.1) is 42.6 Å². The Morgan fingerprint density at radius 3 is 2.49 bits per heavy atom. The monoisotopic (exact) mass is 543 g/mol. The fraction of sp³-hybridized carbons (Fsp3) is 0.444. The van der Waals surface area contributed by atoms with E-state index in [0.29, 0.717) is 0 Å². The number of ketones is 3. The van der Waals surface area contributed by atoms with E-state index >= 15 is 0 Å². The number of aliphatic hydroxyl groups is 3. The molecule has 3 aliphatic rings. The van der Waals surface area contributed by atoms with Crippen molar-refractivity contribution in [2.75, 3.05) is 13.7 Å². The lowest BCUT2D eigenvalue weighted by atomic mass is 9.72. The Morgan fingerprint density at radius 1 is 1.15 bits per heavy atom. The molecule has 1 aliphatic heterocycles. The number of ether oxygens (including phenoxy) is 3. The lowest BCUT2D eigenvalue weighted by Gasteiger charge is -2.42.